The van der Waals surface area contributed by atoms with Crippen molar-refractivity contribution in [2.45, 2.75) is 13.0 Å². The average Bonchev–Trinajstić information content (AvgIpc) is 3.75. The minimum absolute atomic E-state index is 0.0387. The summed E-state index contributed by atoms with van der Waals surface area (Å²) < 4.78 is 40.5. The Kier molecular flexibility index (Phi) is 7.38. The molecule has 0 atom stereocenters. The number of hydrogen-bond acceptors (Lipinski definition) is 7. The van der Waals surface area contributed by atoms with Crippen molar-refractivity contribution in [2.75, 3.05) is 26.3 Å². The predicted molar refractivity (Wildman–Crippen MR) is 169 cm³/mol. The van der Waals surface area contributed by atoms with Gasteiger partial charge in [-0.2, -0.15) is 10.2 Å². The third-order valence-corrected chi connectivity index (χ3v) is 8.99. The smallest absolute Gasteiger partial charge is 0.246 e. The highest BCUT2D eigenvalue weighted by Crippen LogP contribution is 2.47. The van der Waals surface area contributed by atoms with Crippen LogP contribution in [0.1, 0.15) is 5.69 Å². The summed E-state index contributed by atoms with van der Waals surface area (Å²) in [6.07, 6.45) is 3.66. The number of carbonyl (C=O) groups excluding carboxylic acids is 1. The van der Waals surface area contributed by atoms with E-state index in [1.165, 1.54) is 17.4 Å². The molecule has 45 heavy (non-hydrogen) atoms. The van der Waals surface area contributed by atoms with Gasteiger partial charge in [0.25, 0.3) is 0 Å². The molecule has 2 aromatic carbocycles. The lowest BCUT2D eigenvalue weighted by Crippen LogP contribution is -2.32. The SMILES string of the molecule is C=CC(=O)N1CCc2cc(-c3nc(-c4ccc5c(cnn5C)c4)c4ccsc4c3-c3c(F)cc(F)cc3OCCO)nn2CC1. The molecule has 0 saturated carbocycles. The number of fused-ring (bicyclic) bond motifs is 3. The van der Waals surface area contributed by atoms with Crippen LogP contribution in [-0.4, -0.2) is 66.8 Å². The number of amides is 1. The molecule has 0 unspecified atom stereocenters. The predicted octanol–water partition coefficient (Wildman–Crippen LogP) is 5.60. The summed E-state index contributed by atoms with van der Waals surface area (Å²) in [6.45, 7) is 4.56. The summed E-state index contributed by atoms with van der Waals surface area (Å²) in [5, 5.41) is 22.4. The third-order valence-electron chi connectivity index (χ3n) is 8.06. The first-order chi connectivity index (χ1) is 21.9. The topological polar surface area (TPSA) is 98.3 Å². The number of carbonyl (C=O) groups is 1. The molecule has 0 bridgehead atoms. The summed E-state index contributed by atoms with van der Waals surface area (Å²) in [6, 6.07) is 11.8. The van der Waals surface area contributed by atoms with Gasteiger partial charge in [-0.15, -0.1) is 11.3 Å². The van der Waals surface area contributed by atoms with Crippen molar-refractivity contribution in [1.82, 2.24) is 29.4 Å². The fourth-order valence-corrected chi connectivity index (χ4v) is 6.88. The molecule has 6 aromatic rings. The summed E-state index contributed by atoms with van der Waals surface area (Å²) in [7, 11) is 1.88. The molecule has 4 aromatic heterocycles. The van der Waals surface area contributed by atoms with Gasteiger partial charge in [0, 0.05) is 71.0 Å². The van der Waals surface area contributed by atoms with Crippen molar-refractivity contribution in [2.24, 2.45) is 7.05 Å². The number of nitrogens with zero attached hydrogens (tertiary/aromatic N) is 6. The number of thiophene rings is 1. The van der Waals surface area contributed by atoms with E-state index < -0.39 is 11.6 Å². The minimum Gasteiger partial charge on any atom is -0.490 e. The van der Waals surface area contributed by atoms with Gasteiger partial charge < -0.3 is 14.7 Å². The summed E-state index contributed by atoms with van der Waals surface area (Å²) in [5.41, 5.74) is 4.79. The van der Waals surface area contributed by atoms with E-state index in [0.717, 1.165) is 44.4 Å². The van der Waals surface area contributed by atoms with Gasteiger partial charge in [0.2, 0.25) is 5.91 Å². The Hall–Kier alpha value is -4.94. The monoisotopic (exact) mass is 626 g/mol. The van der Waals surface area contributed by atoms with E-state index in [1.807, 2.05) is 47.4 Å². The highest BCUT2D eigenvalue weighted by Gasteiger charge is 2.28. The second-order valence-corrected chi connectivity index (χ2v) is 11.7. The maximum atomic E-state index is 15.9. The molecular formula is C33H28F2N6O3S. The molecule has 0 saturated heterocycles. The number of aliphatic hydroxyl groups is 1. The van der Waals surface area contributed by atoms with Crippen molar-refractivity contribution < 1.29 is 23.4 Å². The van der Waals surface area contributed by atoms with Crippen LogP contribution in [0.5, 0.6) is 5.75 Å². The van der Waals surface area contributed by atoms with Gasteiger partial charge in [-0.05, 0) is 35.7 Å². The molecule has 0 spiro atoms. The first-order valence-corrected chi connectivity index (χ1v) is 15.3. The minimum atomic E-state index is -0.815. The third kappa shape index (κ3) is 5.05. The van der Waals surface area contributed by atoms with Crippen LogP contribution in [0.25, 0.3) is 54.8 Å². The van der Waals surface area contributed by atoms with Gasteiger partial charge in [0.05, 0.1) is 36.1 Å². The van der Waals surface area contributed by atoms with Crippen LogP contribution in [0, 0.1) is 11.6 Å². The van der Waals surface area contributed by atoms with Crippen molar-refractivity contribution in [3.8, 4) is 39.5 Å². The number of hydrogen-bond donors (Lipinski definition) is 1. The van der Waals surface area contributed by atoms with Crippen LogP contribution < -0.4 is 4.74 Å². The Balaban J connectivity index is 1.47. The lowest BCUT2D eigenvalue weighted by molar-refractivity contribution is -0.126. The number of aromatic nitrogens is 5. The Morgan fingerprint density at radius 1 is 1.11 bits per heavy atom. The maximum Gasteiger partial charge on any atom is 0.246 e. The summed E-state index contributed by atoms with van der Waals surface area (Å²) in [4.78, 5) is 19.2. The zero-order valence-electron chi connectivity index (χ0n) is 24.3. The van der Waals surface area contributed by atoms with Crippen LogP contribution in [0.2, 0.25) is 0 Å². The summed E-state index contributed by atoms with van der Waals surface area (Å²) >= 11 is 1.41. The molecule has 228 valence electrons. The molecular weight excluding hydrogens is 598 g/mol. The first-order valence-electron chi connectivity index (χ1n) is 14.4. The highest BCUT2D eigenvalue weighted by molar-refractivity contribution is 7.18. The molecule has 9 nitrogen and oxygen atoms in total. The number of aryl methyl sites for hydroxylation is 1. The number of halogens is 2. The van der Waals surface area contributed by atoms with E-state index in [0.29, 0.717) is 48.7 Å². The number of benzene rings is 2. The lowest BCUT2D eigenvalue weighted by atomic mass is 9.96. The first kappa shape index (κ1) is 28.8. The standard InChI is InChI=1S/C33H28F2N6O3S/c1-3-28(43)40-8-6-22-17-25(38-41(22)10-9-40)32-30(29-24(35)15-21(34)16-27(29)44-12-11-42)33-23(7-13-45-33)31(37-32)19-4-5-26-20(14-19)18-36-39(26)2/h3-5,7,13-18,42H,1,6,8-12H2,2H3. The van der Waals surface area contributed by atoms with Crippen LogP contribution >= 0.6 is 11.3 Å². The number of ether oxygens (including phenoxy) is 1. The molecule has 1 aliphatic rings. The van der Waals surface area contributed by atoms with Gasteiger partial charge in [-0.1, -0.05) is 12.6 Å². The Morgan fingerprint density at radius 2 is 1.98 bits per heavy atom. The molecule has 1 N–H and O–H groups in total. The molecule has 0 aliphatic carbocycles. The van der Waals surface area contributed by atoms with E-state index in [9.17, 15) is 14.3 Å². The van der Waals surface area contributed by atoms with Gasteiger partial charge in [-0.25, -0.2) is 13.8 Å². The normalized spacial score (nSPS) is 13.3. The molecule has 7 rings (SSSR count). The fraction of sp³-hybridized carbons (Fsp3) is 0.212. The van der Waals surface area contributed by atoms with Crippen LogP contribution in [-0.2, 0) is 24.8 Å². The van der Waals surface area contributed by atoms with Crippen LogP contribution in [0.4, 0.5) is 8.78 Å². The second kappa shape index (κ2) is 11.5. The highest BCUT2D eigenvalue weighted by atomic mass is 32.1. The molecule has 12 heteroatoms. The Morgan fingerprint density at radius 3 is 2.80 bits per heavy atom. The van der Waals surface area contributed by atoms with Gasteiger partial charge in [-0.3, -0.25) is 14.2 Å². The van der Waals surface area contributed by atoms with E-state index in [-0.39, 0.29) is 30.4 Å². The zero-order valence-corrected chi connectivity index (χ0v) is 25.2. The van der Waals surface area contributed by atoms with Crippen LogP contribution in [0.3, 0.4) is 0 Å². The quantitative estimate of drug-likeness (QED) is 0.232. The molecule has 0 fully saturated rings. The largest absolute Gasteiger partial charge is 0.490 e. The van der Waals surface area contributed by atoms with E-state index in [1.54, 1.807) is 15.8 Å². The van der Waals surface area contributed by atoms with Gasteiger partial charge in [0.1, 0.15) is 35.4 Å². The second-order valence-electron chi connectivity index (χ2n) is 10.7. The van der Waals surface area contributed by atoms with Gasteiger partial charge in [0.15, 0.2) is 0 Å². The molecule has 1 aliphatic heterocycles. The Bertz CT molecular complexity index is 2090. The Labute approximate surface area is 260 Å². The fourth-order valence-electron chi connectivity index (χ4n) is 5.93. The molecule has 0 radical (unpaired) electrons. The van der Waals surface area contributed by atoms with Crippen molar-refractivity contribution >= 4 is 38.2 Å². The summed E-state index contributed by atoms with van der Waals surface area (Å²) in [5.74, 6) is -1.78. The van der Waals surface area contributed by atoms with Crippen molar-refractivity contribution in [1.29, 1.82) is 0 Å². The van der Waals surface area contributed by atoms with E-state index in [4.69, 9.17) is 14.8 Å². The number of aliphatic hydroxyl groups excluding tert-OH is 1. The lowest BCUT2D eigenvalue weighted by Gasteiger charge is -2.18. The van der Waals surface area contributed by atoms with E-state index in [2.05, 4.69) is 11.7 Å². The number of pyridine rings is 1. The molecule has 1 amide bonds. The van der Waals surface area contributed by atoms with E-state index >= 15 is 4.39 Å². The maximum absolute atomic E-state index is 15.9. The molecule has 5 heterocycles. The van der Waals surface area contributed by atoms with Crippen LogP contribution in [0.15, 0.2) is 66.7 Å². The van der Waals surface area contributed by atoms with Crippen molar-refractivity contribution in [3.05, 3.63) is 84.0 Å². The van der Waals surface area contributed by atoms with Crippen molar-refractivity contribution in [3.63, 3.8) is 0 Å². The van der Waals surface area contributed by atoms with Gasteiger partial charge >= 0.3 is 0 Å². The number of rotatable bonds is 7. The average molecular weight is 627 g/mol. The zero-order chi connectivity index (χ0) is 31.2.